The van der Waals surface area contributed by atoms with Crippen LogP contribution in [0.15, 0.2) is 18.2 Å². The van der Waals surface area contributed by atoms with Crippen LogP contribution in [0.2, 0.25) is 13.3 Å². The van der Waals surface area contributed by atoms with E-state index in [4.69, 9.17) is 4.98 Å². The number of aliphatic hydroxyl groups is 1. The molecule has 1 heterocycles. The second-order valence-electron chi connectivity index (χ2n) is 7.16. The predicted molar refractivity (Wildman–Crippen MR) is 104 cm³/mol. The monoisotopic (exact) mass is 427 g/mol. The summed E-state index contributed by atoms with van der Waals surface area (Å²) in [6, 6.07) is 6.60. The second kappa shape index (κ2) is 11.5. The van der Waals surface area contributed by atoms with Crippen LogP contribution in [0.25, 0.3) is 0 Å². The van der Waals surface area contributed by atoms with Crippen LogP contribution in [-0.4, -0.2) is 34.6 Å². The van der Waals surface area contributed by atoms with Crippen molar-refractivity contribution in [2.24, 2.45) is 0 Å². The fraction of sp³-hybridized carbons (Fsp3) is 0.750. The zero-order chi connectivity index (χ0) is 17.1. The molecule has 3 heteroatoms. The maximum atomic E-state index is 9.70. The van der Waals surface area contributed by atoms with Gasteiger partial charge in [-0.3, -0.25) is 0 Å². The number of unbranched alkanes of at least 4 members (excludes halogenated alkanes) is 3. The first kappa shape index (κ1) is 21.0. The Hall–Kier alpha value is -0.0913. The van der Waals surface area contributed by atoms with E-state index in [2.05, 4.69) is 39.0 Å². The van der Waals surface area contributed by atoms with Crippen LogP contribution in [0, 0.1) is 0 Å². The average molecular weight is 426 g/mol. The van der Waals surface area contributed by atoms with Crippen molar-refractivity contribution >= 4 is 22.1 Å². The van der Waals surface area contributed by atoms with Gasteiger partial charge in [-0.05, 0) is 0 Å². The third-order valence-electron chi connectivity index (χ3n) is 4.88. The van der Waals surface area contributed by atoms with Crippen LogP contribution in [0.4, 0.5) is 0 Å². The van der Waals surface area contributed by atoms with Crippen LogP contribution >= 0.6 is 0 Å². The number of rotatable bonds is 12. The van der Waals surface area contributed by atoms with Gasteiger partial charge in [0, 0.05) is 0 Å². The summed E-state index contributed by atoms with van der Waals surface area (Å²) >= 11 is -2.40. The summed E-state index contributed by atoms with van der Waals surface area (Å²) in [4.78, 5) is 5.08. The Balaban J connectivity index is 3.12. The average Bonchev–Trinajstić information content (AvgIpc) is 2.54. The van der Waals surface area contributed by atoms with Gasteiger partial charge in [0.1, 0.15) is 0 Å². The Morgan fingerprint density at radius 3 is 1.91 bits per heavy atom. The van der Waals surface area contributed by atoms with Crippen molar-refractivity contribution < 1.29 is 5.11 Å². The molecule has 1 unspecified atom stereocenters. The van der Waals surface area contributed by atoms with Gasteiger partial charge in [-0.25, -0.2) is 0 Å². The molecule has 1 atom stereocenters. The molecule has 23 heavy (non-hydrogen) atoms. The molecule has 0 radical (unpaired) electrons. The predicted octanol–water partition coefficient (Wildman–Crippen LogP) is 5.06. The molecule has 0 saturated carbocycles. The standard InChI is InChI=1S/C8H10NO.3C4H9.Sn/c1-7(10)6-8-4-2-3-5-9-8;3*1-3-4-2;/h2-4,7,10H,6H2,1H3;3*1,3-4H2,2H3;. The summed E-state index contributed by atoms with van der Waals surface area (Å²) in [5, 5.41) is 9.70. The Bertz CT molecular complexity index is 412. The number of aromatic nitrogens is 1. The third-order valence-corrected chi connectivity index (χ3v) is 20.0. The van der Waals surface area contributed by atoms with Crippen LogP contribution in [0.1, 0.15) is 71.9 Å². The Kier molecular flexibility index (Phi) is 10.4. The Morgan fingerprint density at radius 1 is 0.957 bits per heavy atom. The van der Waals surface area contributed by atoms with E-state index in [0.717, 1.165) is 5.69 Å². The molecule has 1 aromatic heterocycles. The Morgan fingerprint density at radius 2 is 1.48 bits per heavy atom. The third kappa shape index (κ3) is 7.13. The fourth-order valence-electron chi connectivity index (χ4n) is 3.50. The van der Waals surface area contributed by atoms with Gasteiger partial charge in [-0.1, -0.05) is 0 Å². The first-order chi connectivity index (χ1) is 11.1. The van der Waals surface area contributed by atoms with E-state index in [-0.39, 0.29) is 6.10 Å². The van der Waals surface area contributed by atoms with Gasteiger partial charge < -0.3 is 0 Å². The summed E-state index contributed by atoms with van der Waals surface area (Å²) in [6.45, 7) is 8.80. The van der Waals surface area contributed by atoms with Crippen molar-refractivity contribution in [1.29, 1.82) is 0 Å². The van der Waals surface area contributed by atoms with Crippen molar-refractivity contribution in [3.8, 4) is 0 Å². The van der Waals surface area contributed by atoms with Crippen molar-refractivity contribution in [3.05, 3.63) is 23.9 Å². The van der Waals surface area contributed by atoms with E-state index in [1.807, 2.05) is 6.92 Å². The summed E-state index contributed by atoms with van der Waals surface area (Å²) < 4.78 is 5.84. The van der Waals surface area contributed by atoms with Crippen LogP contribution in [-0.2, 0) is 6.42 Å². The summed E-state index contributed by atoms with van der Waals surface area (Å²) in [6.07, 6.45) is 8.37. The van der Waals surface area contributed by atoms with E-state index < -0.39 is 18.4 Å². The van der Waals surface area contributed by atoms with E-state index >= 15 is 0 Å². The van der Waals surface area contributed by atoms with Crippen LogP contribution < -0.4 is 3.71 Å². The molecular weight excluding hydrogens is 389 g/mol. The van der Waals surface area contributed by atoms with Crippen LogP contribution in [0.5, 0.6) is 0 Å². The molecule has 0 aromatic carbocycles. The minimum atomic E-state index is -2.40. The number of hydrogen-bond donors (Lipinski definition) is 1. The van der Waals surface area contributed by atoms with Crippen LogP contribution in [0.3, 0.4) is 0 Å². The Labute approximate surface area is 148 Å². The van der Waals surface area contributed by atoms with Crippen molar-refractivity contribution in [3.63, 3.8) is 0 Å². The number of aliphatic hydroxyl groups excluding tert-OH is 1. The van der Waals surface area contributed by atoms with E-state index in [1.165, 1.54) is 55.5 Å². The van der Waals surface area contributed by atoms with E-state index in [1.54, 1.807) is 0 Å². The molecule has 0 bridgehead atoms. The normalized spacial score (nSPS) is 13.3. The van der Waals surface area contributed by atoms with Gasteiger partial charge in [0.05, 0.1) is 0 Å². The zero-order valence-electron chi connectivity index (χ0n) is 15.8. The van der Waals surface area contributed by atoms with Gasteiger partial charge >= 0.3 is 148 Å². The summed E-state index contributed by atoms with van der Waals surface area (Å²) in [5.41, 5.74) is 1.09. The van der Waals surface area contributed by atoms with E-state index in [0.29, 0.717) is 6.42 Å². The molecule has 1 N–H and O–H groups in total. The SMILES string of the molecule is CCC[CH2][Sn]([CH2]CCC)([CH2]CCC)[c]1cccc(CC(C)O)n1. The molecule has 0 amide bonds. The first-order valence-corrected chi connectivity index (χ1v) is 17.2. The molecule has 1 rings (SSSR count). The fourth-order valence-corrected chi connectivity index (χ4v) is 19.0. The summed E-state index contributed by atoms with van der Waals surface area (Å²) in [7, 11) is 0. The zero-order valence-corrected chi connectivity index (χ0v) is 18.6. The maximum absolute atomic E-state index is 9.70. The van der Waals surface area contributed by atoms with Gasteiger partial charge in [0.25, 0.3) is 0 Å². The van der Waals surface area contributed by atoms with Gasteiger partial charge in [-0.2, -0.15) is 0 Å². The number of pyridine rings is 1. The molecule has 132 valence electrons. The van der Waals surface area contributed by atoms with Gasteiger partial charge in [0.2, 0.25) is 0 Å². The molecule has 2 nitrogen and oxygen atoms in total. The van der Waals surface area contributed by atoms with Crippen molar-refractivity contribution in [2.75, 3.05) is 0 Å². The molecule has 0 aliphatic rings. The number of hydrogen-bond acceptors (Lipinski definition) is 2. The van der Waals surface area contributed by atoms with E-state index in [9.17, 15) is 5.11 Å². The molecule has 0 spiro atoms. The minimum absolute atomic E-state index is 0.302. The molecular formula is C20H37NOSn. The topological polar surface area (TPSA) is 33.1 Å². The molecule has 1 aromatic rings. The quantitative estimate of drug-likeness (QED) is 0.474. The van der Waals surface area contributed by atoms with Gasteiger partial charge in [0.15, 0.2) is 0 Å². The van der Waals surface area contributed by atoms with Crippen molar-refractivity contribution in [1.82, 2.24) is 4.98 Å². The number of nitrogens with zero attached hydrogens (tertiary/aromatic N) is 1. The first-order valence-electron chi connectivity index (χ1n) is 9.72. The molecule has 0 aliphatic heterocycles. The molecule has 0 saturated heterocycles. The summed E-state index contributed by atoms with van der Waals surface area (Å²) in [5.74, 6) is 0. The molecule has 0 fully saturated rings. The molecule has 0 aliphatic carbocycles. The van der Waals surface area contributed by atoms with Crippen molar-refractivity contribution in [2.45, 2.75) is 92.1 Å². The second-order valence-corrected chi connectivity index (χ2v) is 20.2. The van der Waals surface area contributed by atoms with Gasteiger partial charge in [-0.15, -0.1) is 0 Å².